The molecule has 0 saturated carbocycles. The van der Waals surface area contributed by atoms with Gasteiger partial charge in [-0.05, 0) is 36.4 Å². The lowest BCUT2D eigenvalue weighted by atomic mass is 10.1. The summed E-state index contributed by atoms with van der Waals surface area (Å²) in [7, 11) is -3.64. The summed E-state index contributed by atoms with van der Waals surface area (Å²) < 4.78 is 30.8. The molecule has 148 valence electrons. The highest BCUT2D eigenvalue weighted by atomic mass is 32.2. The molecule has 1 amide bonds. The van der Waals surface area contributed by atoms with Crippen LogP contribution in [0.4, 0.5) is 5.69 Å². The molecule has 0 saturated heterocycles. The van der Waals surface area contributed by atoms with Crippen LogP contribution < -0.4 is 9.62 Å². The molecule has 0 fully saturated rings. The molecular weight excluding hydrogens is 400 g/mol. The molecule has 0 spiro atoms. The summed E-state index contributed by atoms with van der Waals surface area (Å²) in [6, 6.07) is 9.21. The molecule has 1 aromatic carbocycles. The third kappa shape index (κ3) is 4.57. The molecule has 0 unspecified atom stereocenters. The Hall–Kier alpha value is -2.72. The van der Waals surface area contributed by atoms with Crippen molar-refractivity contribution >= 4 is 33.0 Å². The minimum atomic E-state index is -3.64. The summed E-state index contributed by atoms with van der Waals surface area (Å²) in [4.78, 5) is 17.5. The van der Waals surface area contributed by atoms with Crippen molar-refractivity contribution < 1.29 is 17.7 Å². The van der Waals surface area contributed by atoms with Crippen molar-refractivity contribution in [3.8, 4) is 10.7 Å². The summed E-state index contributed by atoms with van der Waals surface area (Å²) >= 11 is 1.48. The molecule has 10 heteroatoms. The van der Waals surface area contributed by atoms with Crippen LogP contribution in [0.15, 0.2) is 40.2 Å². The zero-order chi connectivity index (χ0) is 20.3. The Labute approximate surface area is 167 Å². The average Bonchev–Trinajstić information content (AvgIpc) is 3.29. The number of nitrogens with zero attached hydrogens (tertiary/aromatic N) is 3. The van der Waals surface area contributed by atoms with Crippen molar-refractivity contribution in [2.75, 3.05) is 17.1 Å². The summed E-state index contributed by atoms with van der Waals surface area (Å²) in [6.07, 6.45) is 1.08. The minimum absolute atomic E-state index is 0.0154. The molecule has 0 bridgehead atoms. The van der Waals surface area contributed by atoms with E-state index in [0.717, 1.165) is 26.6 Å². The average molecular weight is 421 g/mol. The molecule has 3 aromatic rings. The number of nitrogens with one attached hydrogen (secondary N) is 1. The van der Waals surface area contributed by atoms with Crippen molar-refractivity contribution in [1.29, 1.82) is 0 Å². The molecule has 0 radical (unpaired) electrons. The van der Waals surface area contributed by atoms with Gasteiger partial charge in [-0.15, -0.1) is 11.3 Å². The maximum absolute atomic E-state index is 12.4. The first-order chi connectivity index (χ1) is 13.3. The first kappa shape index (κ1) is 20.0. The van der Waals surface area contributed by atoms with Crippen LogP contribution in [0.2, 0.25) is 0 Å². The molecule has 0 atom stereocenters. The maximum atomic E-state index is 12.4. The van der Waals surface area contributed by atoms with E-state index in [2.05, 4.69) is 15.5 Å². The van der Waals surface area contributed by atoms with Crippen molar-refractivity contribution in [3.05, 3.63) is 52.7 Å². The van der Waals surface area contributed by atoms with Gasteiger partial charge in [0.05, 0.1) is 23.4 Å². The number of amides is 1. The third-order valence-corrected chi connectivity index (χ3v) is 6.00. The van der Waals surface area contributed by atoms with E-state index in [9.17, 15) is 13.2 Å². The largest absolute Gasteiger partial charge is 0.345 e. The van der Waals surface area contributed by atoms with Crippen LogP contribution in [0.1, 0.15) is 17.0 Å². The highest BCUT2D eigenvalue weighted by molar-refractivity contribution is 7.92. The highest BCUT2D eigenvalue weighted by Gasteiger charge is 2.24. The third-order valence-electron chi connectivity index (χ3n) is 4.02. The van der Waals surface area contributed by atoms with Crippen LogP contribution >= 0.6 is 11.3 Å². The van der Waals surface area contributed by atoms with E-state index in [0.29, 0.717) is 11.5 Å². The summed E-state index contributed by atoms with van der Waals surface area (Å²) in [5, 5.41) is 8.41. The maximum Gasteiger partial charge on any atom is 0.246 e. The minimum Gasteiger partial charge on any atom is -0.345 e. The number of hydrogen-bond donors (Lipinski definition) is 1. The highest BCUT2D eigenvalue weighted by Crippen LogP contribution is 2.26. The van der Waals surface area contributed by atoms with Gasteiger partial charge in [-0.2, -0.15) is 4.98 Å². The van der Waals surface area contributed by atoms with E-state index in [1.54, 1.807) is 0 Å². The van der Waals surface area contributed by atoms with E-state index >= 15 is 0 Å². The number of hydrogen-bond acceptors (Lipinski definition) is 7. The van der Waals surface area contributed by atoms with Gasteiger partial charge < -0.3 is 9.84 Å². The number of anilines is 1. The van der Waals surface area contributed by atoms with Gasteiger partial charge in [-0.1, -0.05) is 29.4 Å². The number of sulfonamides is 1. The van der Waals surface area contributed by atoms with Gasteiger partial charge in [-0.3, -0.25) is 9.10 Å². The predicted molar refractivity (Wildman–Crippen MR) is 108 cm³/mol. The normalized spacial score (nSPS) is 11.4. The standard InChI is InChI=1S/C18H20N4O4S2/c1-12-6-4-7-13(2)17(12)22(28(3,24)25)11-15(23)19-10-16-20-18(21-26-16)14-8-5-9-27-14/h4-9H,10-11H2,1-3H3,(H,19,23). The number of rotatable bonds is 7. The summed E-state index contributed by atoms with van der Waals surface area (Å²) in [6.45, 7) is 3.30. The molecule has 2 aromatic heterocycles. The number of carbonyl (C=O) groups is 1. The van der Waals surface area contributed by atoms with Crippen LogP contribution in [-0.4, -0.2) is 37.3 Å². The first-order valence-corrected chi connectivity index (χ1v) is 11.2. The Kier molecular flexibility index (Phi) is 5.80. The van der Waals surface area contributed by atoms with E-state index in [1.807, 2.05) is 49.6 Å². The second kappa shape index (κ2) is 8.11. The van der Waals surface area contributed by atoms with Gasteiger partial charge in [0.25, 0.3) is 0 Å². The Morgan fingerprint density at radius 3 is 2.54 bits per heavy atom. The van der Waals surface area contributed by atoms with Crippen LogP contribution in [0.5, 0.6) is 0 Å². The van der Waals surface area contributed by atoms with E-state index in [1.165, 1.54) is 11.3 Å². The number of thiophene rings is 1. The van der Waals surface area contributed by atoms with Gasteiger partial charge in [0.1, 0.15) is 6.54 Å². The molecule has 28 heavy (non-hydrogen) atoms. The van der Waals surface area contributed by atoms with Crippen molar-refractivity contribution in [1.82, 2.24) is 15.5 Å². The van der Waals surface area contributed by atoms with Gasteiger partial charge in [-0.25, -0.2) is 8.42 Å². The van der Waals surface area contributed by atoms with Crippen molar-refractivity contribution in [2.24, 2.45) is 0 Å². The van der Waals surface area contributed by atoms with Crippen LogP contribution in [0.3, 0.4) is 0 Å². The lowest BCUT2D eigenvalue weighted by Gasteiger charge is -2.25. The van der Waals surface area contributed by atoms with Gasteiger partial charge in [0.15, 0.2) is 0 Å². The van der Waals surface area contributed by atoms with Crippen molar-refractivity contribution in [3.63, 3.8) is 0 Å². The predicted octanol–water partition coefficient (Wildman–Crippen LogP) is 2.50. The lowest BCUT2D eigenvalue weighted by molar-refractivity contribution is -0.119. The first-order valence-electron chi connectivity index (χ1n) is 8.43. The lowest BCUT2D eigenvalue weighted by Crippen LogP contribution is -2.40. The molecular formula is C18H20N4O4S2. The van der Waals surface area contributed by atoms with Gasteiger partial charge in [0.2, 0.25) is 27.6 Å². The van der Waals surface area contributed by atoms with E-state index in [4.69, 9.17) is 4.52 Å². The van der Waals surface area contributed by atoms with Crippen LogP contribution in [0.25, 0.3) is 10.7 Å². The van der Waals surface area contributed by atoms with Gasteiger partial charge >= 0.3 is 0 Å². The Morgan fingerprint density at radius 1 is 1.21 bits per heavy atom. The quantitative estimate of drug-likeness (QED) is 0.630. The topological polar surface area (TPSA) is 105 Å². The molecule has 3 rings (SSSR count). The number of benzene rings is 1. The molecule has 0 aliphatic heterocycles. The van der Waals surface area contributed by atoms with Crippen LogP contribution in [0, 0.1) is 13.8 Å². The monoisotopic (exact) mass is 420 g/mol. The molecule has 2 heterocycles. The SMILES string of the molecule is Cc1cccc(C)c1N(CC(=O)NCc1nc(-c2cccs2)no1)S(C)(=O)=O. The fourth-order valence-electron chi connectivity index (χ4n) is 2.75. The second-order valence-electron chi connectivity index (χ2n) is 6.28. The summed E-state index contributed by atoms with van der Waals surface area (Å²) in [5.41, 5.74) is 2.06. The van der Waals surface area contributed by atoms with E-state index < -0.39 is 15.9 Å². The fourth-order valence-corrected chi connectivity index (χ4v) is 4.37. The number of carbonyl (C=O) groups excluding carboxylic acids is 1. The molecule has 1 N–H and O–H groups in total. The summed E-state index contributed by atoms with van der Waals surface area (Å²) in [5.74, 6) is 0.228. The molecule has 0 aliphatic carbocycles. The fraction of sp³-hybridized carbons (Fsp3) is 0.278. The Morgan fingerprint density at radius 2 is 1.93 bits per heavy atom. The Balaban J connectivity index is 1.70. The molecule has 0 aliphatic rings. The molecule has 8 nitrogen and oxygen atoms in total. The van der Waals surface area contributed by atoms with Crippen molar-refractivity contribution in [2.45, 2.75) is 20.4 Å². The van der Waals surface area contributed by atoms with Gasteiger partial charge in [0, 0.05) is 0 Å². The zero-order valence-electron chi connectivity index (χ0n) is 15.7. The second-order valence-corrected chi connectivity index (χ2v) is 9.13. The smallest absolute Gasteiger partial charge is 0.246 e. The van der Waals surface area contributed by atoms with Crippen LogP contribution in [-0.2, 0) is 21.4 Å². The zero-order valence-corrected chi connectivity index (χ0v) is 17.3. The number of para-hydroxylation sites is 1. The number of aromatic nitrogens is 2. The number of aryl methyl sites for hydroxylation is 2. The van der Waals surface area contributed by atoms with E-state index in [-0.39, 0.29) is 19.0 Å². The Bertz CT molecular complexity index is 1050.